The van der Waals surface area contributed by atoms with Gasteiger partial charge < -0.3 is 10.8 Å². The van der Waals surface area contributed by atoms with E-state index in [9.17, 15) is 27.9 Å². The molecular weight excluding hydrogens is 335 g/mol. The molecule has 0 saturated heterocycles. The van der Waals surface area contributed by atoms with Crippen molar-refractivity contribution in [1.82, 2.24) is 0 Å². The fraction of sp³-hybridized carbons (Fsp3) is 0.556. The third-order valence-corrected chi connectivity index (χ3v) is 3.82. The summed E-state index contributed by atoms with van der Waals surface area (Å²) < 4.78 is 31.1. The molecule has 0 bridgehead atoms. The number of hydrogen-bond acceptors (Lipinski definition) is 2. The number of amides is 1. The zero-order valence-electron chi connectivity index (χ0n) is 14.7. The molecule has 4 nitrogen and oxygen atoms in total. The molecule has 0 aliphatic carbocycles. The maximum atomic E-state index is 11.4. The molecule has 0 saturated carbocycles. The topological polar surface area (TPSA) is 80.4 Å². The van der Waals surface area contributed by atoms with Crippen LogP contribution in [0.4, 0.5) is 13.2 Å². The molecule has 0 heterocycles. The Hall–Kier alpha value is -2.05. The van der Waals surface area contributed by atoms with Gasteiger partial charge in [-0.15, -0.1) is 0 Å². The van der Waals surface area contributed by atoms with E-state index in [1.54, 1.807) is 0 Å². The molecule has 25 heavy (non-hydrogen) atoms. The number of benzene rings is 1. The number of carboxylic acids is 1. The minimum Gasteiger partial charge on any atom is -0.481 e. The van der Waals surface area contributed by atoms with Crippen molar-refractivity contribution >= 4 is 11.9 Å². The van der Waals surface area contributed by atoms with E-state index in [1.165, 1.54) is 0 Å². The highest BCUT2D eigenvalue weighted by Crippen LogP contribution is 2.28. The summed E-state index contributed by atoms with van der Waals surface area (Å²) in [6, 6.07) is 9.81. The lowest BCUT2D eigenvalue weighted by atomic mass is 9.84. The summed E-state index contributed by atoms with van der Waals surface area (Å²) in [6.07, 6.45) is -2.58. The van der Waals surface area contributed by atoms with Crippen molar-refractivity contribution in [2.24, 2.45) is 17.6 Å². The van der Waals surface area contributed by atoms with Crippen molar-refractivity contribution in [3.05, 3.63) is 35.9 Å². The molecule has 1 rings (SSSR count). The summed E-state index contributed by atoms with van der Waals surface area (Å²) in [5.41, 5.74) is 6.42. The van der Waals surface area contributed by atoms with Crippen LogP contribution in [0.2, 0.25) is 0 Å². The van der Waals surface area contributed by atoms with E-state index in [-0.39, 0.29) is 18.8 Å². The second kappa shape index (κ2) is 10.7. The number of primary amides is 1. The Morgan fingerprint density at radius 3 is 1.96 bits per heavy atom. The van der Waals surface area contributed by atoms with Crippen molar-refractivity contribution in [3.63, 3.8) is 0 Å². The average Bonchev–Trinajstić information content (AvgIpc) is 2.49. The van der Waals surface area contributed by atoms with Crippen LogP contribution < -0.4 is 5.73 Å². The molecule has 0 aromatic heterocycles. The zero-order valence-corrected chi connectivity index (χ0v) is 14.7. The van der Waals surface area contributed by atoms with Gasteiger partial charge in [0.15, 0.2) is 0 Å². The first-order chi connectivity index (χ1) is 11.5. The number of rotatable bonds is 8. The minimum absolute atomic E-state index is 0.141. The molecule has 0 fully saturated rings. The lowest BCUT2D eigenvalue weighted by molar-refractivity contribution is -0.143. The van der Waals surface area contributed by atoms with Crippen LogP contribution in [0.1, 0.15) is 51.5 Å². The van der Waals surface area contributed by atoms with Crippen molar-refractivity contribution in [2.45, 2.75) is 52.1 Å². The van der Waals surface area contributed by atoms with Gasteiger partial charge in [-0.2, -0.15) is 13.2 Å². The molecule has 1 aromatic rings. The Bertz CT molecular complexity index is 526. The fourth-order valence-electron chi connectivity index (χ4n) is 2.47. The Morgan fingerprint density at radius 2 is 1.60 bits per heavy atom. The maximum absolute atomic E-state index is 11.4. The van der Waals surface area contributed by atoms with Crippen LogP contribution in [0, 0.1) is 11.8 Å². The first kappa shape index (κ1) is 22.9. The van der Waals surface area contributed by atoms with Crippen LogP contribution in [-0.4, -0.2) is 23.2 Å². The number of carbonyl (C=O) groups is 2. The summed E-state index contributed by atoms with van der Waals surface area (Å²) in [5.74, 6) is -2.02. The van der Waals surface area contributed by atoms with E-state index in [0.29, 0.717) is 19.3 Å². The van der Waals surface area contributed by atoms with Crippen LogP contribution in [0.15, 0.2) is 30.3 Å². The number of halogens is 3. The van der Waals surface area contributed by atoms with Gasteiger partial charge >= 0.3 is 12.1 Å². The molecular formula is C18H26F3NO3. The van der Waals surface area contributed by atoms with Crippen molar-refractivity contribution in [2.75, 3.05) is 0 Å². The van der Waals surface area contributed by atoms with Gasteiger partial charge in [-0.3, -0.25) is 9.59 Å². The number of nitrogens with two attached hydrogens (primary N) is 1. The fourth-order valence-corrected chi connectivity index (χ4v) is 2.47. The molecule has 0 spiro atoms. The predicted molar refractivity (Wildman–Crippen MR) is 89.9 cm³/mol. The third-order valence-electron chi connectivity index (χ3n) is 3.82. The monoisotopic (exact) mass is 361 g/mol. The van der Waals surface area contributed by atoms with E-state index in [2.05, 4.69) is 0 Å². The largest absolute Gasteiger partial charge is 0.481 e. The summed E-state index contributed by atoms with van der Waals surface area (Å²) in [6.45, 7) is 4.05. The second-order valence-electron chi connectivity index (χ2n) is 6.11. The molecule has 0 radical (unpaired) electrons. The first-order valence-corrected chi connectivity index (χ1v) is 8.09. The predicted octanol–water partition coefficient (Wildman–Crippen LogP) is 4.35. The van der Waals surface area contributed by atoms with Crippen LogP contribution >= 0.6 is 0 Å². The van der Waals surface area contributed by atoms with Crippen LogP contribution in [0.3, 0.4) is 0 Å². The van der Waals surface area contributed by atoms with Crippen molar-refractivity contribution in [3.8, 4) is 0 Å². The number of hydrogen-bond donors (Lipinski definition) is 2. The minimum atomic E-state index is -4.00. The SMILES string of the molecule is CC(F)(F)F.CCC(CC(CC(C)c1ccccc1)C(=O)O)C(N)=O. The molecule has 0 aliphatic rings. The Morgan fingerprint density at radius 1 is 1.12 bits per heavy atom. The van der Waals surface area contributed by atoms with Gasteiger partial charge in [-0.1, -0.05) is 44.2 Å². The molecule has 7 heteroatoms. The highest BCUT2D eigenvalue weighted by atomic mass is 19.4. The molecule has 142 valence electrons. The zero-order chi connectivity index (χ0) is 19.6. The number of carbonyl (C=O) groups excluding carboxylic acids is 1. The molecule has 1 aromatic carbocycles. The van der Waals surface area contributed by atoms with Gasteiger partial charge in [0.05, 0.1) is 5.92 Å². The number of carboxylic acid groups (broad SMARTS) is 1. The second-order valence-corrected chi connectivity index (χ2v) is 6.11. The normalized spacial score (nSPS) is 14.6. The van der Waals surface area contributed by atoms with E-state index in [1.807, 2.05) is 44.2 Å². The van der Waals surface area contributed by atoms with Crippen LogP contribution in [-0.2, 0) is 9.59 Å². The van der Waals surface area contributed by atoms with E-state index < -0.39 is 24.0 Å². The molecule has 1 amide bonds. The smallest absolute Gasteiger partial charge is 0.386 e. The van der Waals surface area contributed by atoms with E-state index >= 15 is 0 Å². The van der Waals surface area contributed by atoms with Gasteiger partial charge in [0, 0.05) is 12.8 Å². The third kappa shape index (κ3) is 11.2. The highest BCUT2D eigenvalue weighted by molar-refractivity contribution is 5.78. The van der Waals surface area contributed by atoms with Crippen LogP contribution in [0.5, 0.6) is 0 Å². The highest BCUT2D eigenvalue weighted by Gasteiger charge is 2.26. The number of alkyl halides is 3. The van der Waals surface area contributed by atoms with E-state index in [0.717, 1.165) is 5.56 Å². The summed E-state index contributed by atoms with van der Waals surface area (Å²) >= 11 is 0. The van der Waals surface area contributed by atoms with E-state index in [4.69, 9.17) is 5.73 Å². The molecule has 0 aliphatic heterocycles. The summed E-state index contributed by atoms with van der Waals surface area (Å²) in [5, 5.41) is 9.34. The first-order valence-electron chi connectivity index (χ1n) is 8.09. The van der Waals surface area contributed by atoms with Crippen molar-refractivity contribution < 1.29 is 27.9 Å². The van der Waals surface area contributed by atoms with Crippen LogP contribution in [0.25, 0.3) is 0 Å². The quantitative estimate of drug-likeness (QED) is 0.722. The average molecular weight is 361 g/mol. The lowest BCUT2D eigenvalue weighted by Crippen LogP contribution is -2.28. The van der Waals surface area contributed by atoms with Gasteiger partial charge in [0.1, 0.15) is 0 Å². The Kier molecular flexibility index (Phi) is 9.86. The van der Waals surface area contributed by atoms with Gasteiger partial charge in [0.2, 0.25) is 5.91 Å². The Balaban J connectivity index is 0.00000101. The summed E-state index contributed by atoms with van der Waals surface area (Å²) in [4.78, 5) is 22.7. The lowest BCUT2D eigenvalue weighted by Gasteiger charge is -2.21. The summed E-state index contributed by atoms with van der Waals surface area (Å²) in [7, 11) is 0. The number of aliphatic carboxylic acids is 1. The molecule has 3 atom stereocenters. The van der Waals surface area contributed by atoms with Crippen molar-refractivity contribution in [1.29, 1.82) is 0 Å². The van der Waals surface area contributed by atoms with Gasteiger partial charge in [0.25, 0.3) is 0 Å². The Labute approximate surface area is 146 Å². The maximum Gasteiger partial charge on any atom is 0.386 e. The van der Waals surface area contributed by atoms with Gasteiger partial charge in [-0.05, 0) is 30.7 Å². The standard InChI is InChI=1S/C16H23NO3.C2H3F3/c1-3-12(15(17)18)10-14(16(19)20)9-11(2)13-7-5-4-6-8-13;1-2(3,4)5/h4-8,11-12,14H,3,9-10H2,1-2H3,(H2,17,18)(H,19,20);1H3. The molecule has 3 unspecified atom stereocenters. The van der Waals surface area contributed by atoms with Gasteiger partial charge in [-0.25, -0.2) is 0 Å². The molecule has 3 N–H and O–H groups in total.